The predicted molar refractivity (Wildman–Crippen MR) is 112 cm³/mol. The van der Waals surface area contributed by atoms with Crippen molar-refractivity contribution in [1.82, 2.24) is 4.90 Å². The molecular weight excluding hydrogens is 334 g/mol. The van der Waals surface area contributed by atoms with E-state index in [1.54, 1.807) is 0 Å². The van der Waals surface area contributed by atoms with Gasteiger partial charge < -0.3 is 4.74 Å². The van der Waals surface area contributed by atoms with Crippen molar-refractivity contribution in [2.75, 3.05) is 6.54 Å². The Morgan fingerprint density at radius 3 is 2.19 bits per heavy atom. The molecule has 0 bridgehead atoms. The van der Waals surface area contributed by atoms with Gasteiger partial charge in [0.2, 0.25) is 0 Å². The van der Waals surface area contributed by atoms with Gasteiger partial charge in [0.05, 0.1) is 0 Å². The highest BCUT2D eigenvalue weighted by Crippen LogP contribution is 2.35. The molecule has 0 radical (unpaired) electrons. The van der Waals surface area contributed by atoms with E-state index in [0.29, 0.717) is 17.8 Å². The molecule has 0 heterocycles. The maximum atomic E-state index is 11.6. The zero-order valence-corrected chi connectivity index (χ0v) is 17.5. The highest BCUT2D eigenvalue weighted by atomic mass is 16.5. The monoisotopic (exact) mass is 367 g/mol. The average Bonchev–Trinajstić information content (AvgIpc) is 2.60. The SMILES string of the molecule is CC(=O)Oc1ccc(C)cc1C(CCN(C(C)C)C(C)C)c1ccccc1. The van der Waals surface area contributed by atoms with E-state index in [2.05, 4.69) is 69.9 Å². The van der Waals surface area contributed by atoms with E-state index in [0.717, 1.165) is 18.5 Å². The molecule has 3 nitrogen and oxygen atoms in total. The van der Waals surface area contributed by atoms with Crippen molar-refractivity contribution in [2.24, 2.45) is 0 Å². The van der Waals surface area contributed by atoms with Crippen LogP contribution in [0.4, 0.5) is 0 Å². The summed E-state index contributed by atoms with van der Waals surface area (Å²) in [5.74, 6) is 0.570. The van der Waals surface area contributed by atoms with E-state index < -0.39 is 0 Å². The molecule has 3 heteroatoms. The largest absolute Gasteiger partial charge is 0.426 e. The molecule has 0 aliphatic rings. The molecule has 0 aromatic heterocycles. The number of aryl methyl sites for hydroxylation is 1. The lowest BCUT2D eigenvalue weighted by Gasteiger charge is -2.32. The summed E-state index contributed by atoms with van der Waals surface area (Å²) in [6.07, 6.45) is 0.970. The number of ether oxygens (including phenoxy) is 1. The van der Waals surface area contributed by atoms with Gasteiger partial charge in [-0.25, -0.2) is 0 Å². The molecule has 1 unspecified atom stereocenters. The van der Waals surface area contributed by atoms with Gasteiger partial charge in [-0.2, -0.15) is 0 Å². The summed E-state index contributed by atoms with van der Waals surface area (Å²) in [5, 5.41) is 0. The van der Waals surface area contributed by atoms with Crippen LogP contribution in [0.1, 0.15) is 63.6 Å². The highest BCUT2D eigenvalue weighted by Gasteiger charge is 2.22. The molecule has 0 saturated heterocycles. The molecule has 0 saturated carbocycles. The Hall–Kier alpha value is -2.13. The number of hydrogen-bond acceptors (Lipinski definition) is 3. The Kier molecular flexibility index (Phi) is 7.61. The van der Waals surface area contributed by atoms with Crippen LogP contribution in [-0.2, 0) is 4.79 Å². The first kappa shape index (κ1) is 21.2. The number of hydrogen-bond donors (Lipinski definition) is 0. The summed E-state index contributed by atoms with van der Waals surface area (Å²) in [6, 6.07) is 17.6. The third kappa shape index (κ3) is 5.93. The van der Waals surface area contributed by atoms with E-state index in [1.807, 2.05) is 18.2 Å². The number of nitrogens with zero attached hydrogens (tertiary/aromatic N) is 1. The van der Waals surface area contributed by atoms with Crippen LogP contribution in [0.15, 0.2) is 48.5 Å². The van der Waals surface area contributed by atoms with Gasteiger partial charge in [-0.15, -0.1) is 0 Å². The van der Waals surface area contributed by atoms with E-state index in [-0.39, 0.29) is 11.9 Å². The van der Waals surface area contributed by atoms with Crippen LogP contribution in [0.5, 0.6) is 5.75 Å². The number of carbonyl (C=O) groups excluding carboxylic acids is 1. The van der Waals surface area contributed by atoms with Crippen LogP contribution in [0, 0.1) is 6.92 Å². The van der Waals surface area contributed by atoms with Gasteiger partial charge in [-0.05, 0) is 59.2 Å². The second-order valence-electron chi connectivity index (χ2n) is 7.81. The number of esters is 1. The lowest BCUT2D eigenvalue weighted by Crippen LogP contribution is -2.38. The average molecular weight is 368 g/mol. The lowest BCUT2D eigenvalue weighted by molar-refractivity contribution is -0.131. The minimum Gasteiger partial charge on any atom is -0.426 e. The van der Waals surface area contributed by atoms with Gasteiger partial charge in [-0.3, -0.25) is 9.69 Å². The van der Waals surface area contributed by atoms with Gasteiger partial charge in [0.15, 0.2) is 0 Å². The quantitative estimate of drug-likeness (QED) is 0.452. The number of carbonyl (C=O) groups is 1. The Morgan fingerprint density at radius 2 is 1.63 bits per heavy atom. The van der Waals surface area contributed by atoms with Crippen LogP contribution in [-0.4, -0.2) is 29.5 Å². The maximum absolute atomic E-state index is 11.6. The normalized spacial score (nSPS) is 12.6. The fraction of sp³-hybridized carbons (Fsp3) is 0.458. The summed E-state index contributed by atoms with van der Waals surface area (Å²) in [4.78, 5) is 14.1. The molecule has 27 heavy (non-hydrogen) atoms. The first-order chi connectivity index (χ1) is 12.8. The topological polar surface area (TPSA) is 29.5 Å². The minimum atomic E-state index is -0.280. The third-order valence-corrected chi connectivity index (χ3v) is 5.00. The first-order valence-electron chi connectivity index (χ1n) is 9.89. The fourth-order valence-corrected chi connectivity index (χ4v) is 3.77. The van der Waals surface area contributed by atoms with E-state index in [4.69, 9.17) is 4.74 Å². The maximum Gasteiger partial charge on any atom is 0.308 e. The van der Waals surface area contributed by atoms with E-state index in [1.165, 1.54) is 18.1 Å². The smallest absolute Gasteiger partial charge is 0.308 e. The van der Waals surface area contributed by atoms with Crippen molar-refractivity contribution in [1.29, 1.82) is 0 Å². The molecule has 0 spiro atoms. The van der Waals surface area contributed by atoms with Gasteiger partial charge >= 0.3 is 5.97 Å². The summed E-state index contributed by atoms with van der Waals surface area (Å²) >= 11 is 0. The van der Waals surface area contributed by atoms with Crippen LogP contribution in [0.3, 0.4) is 0 Å². The molecule has 146 valence electrons. The molecule has 0 aliphatic heterocycles. The zero-order valence-electron chi connectivity index (χ0n) is 17.5. The second kappa shape index (κ2) is 9.70. The first-order valence-corrected chi connectivity index (χ1v) is 9.89. The summed E-state index contributed by atoms with van der Waals surface area (Å²) < 4.78 is 5.55. The van der Waals surface area contributed by atoms with Gasteiger partial charge in [0.1, 0.15) is 5.75 Å². The Labute approximate surface area is 164 Å². The van der Waals surface area contributed by atoms with E-state index >= 15 is 0 Å². The van der Waals surface area contributed by atoms with Crippen LogP contribution < -0.4 is 4.74 Å². The highest BCUT2D eigenvalue weighted by molar-refractivity contribution is 5.70. The van der Waals surface area contributed by atoms with Crippen molar-refractivity contribution in [3.63, 3.8) is 0 Å². The second-order valence-corrected chi connectivity index (χ2v) is 7.81. The third-order valence-electron chi connectivity index (χ3n) is 5.00. The summed E-state index contributed by atoms with van der Waals surface area (Å²) in [6.45, 7) is 13.5. The van der Waals surface area contributed by atoms with Crippen molar-refractivity contribution in [3.8, 4) is 5.75 Å². The van der Waals surface area contributed by atoms with Crippen molar-refractivity contribution in [2.45, 2.75) is 66.0 Å². The van der Waals surface area contributed by atoms with Crippen molar-refractivity contribution < 1.29 is 9.53 Å². The van der Waals surface area contributed by atoms with E-state index in [9.17, 15) is 4.79 Å². The van der Waals surface area contributed by atoms with Crippen LogP contribution in [0.25, 0.3) is 0 Å². The number of rotatable bonds is 8. The fourth-order valence-electron chi connectivity index (χ4n) is 3.77. The predicted octanol–water partition coefficient (Wildman–Crippen LogP) is 5.56. The zero-order chi connectivity index (χ0) is 20.0. The van der Waals surface area contributed by atoms with Gasteiger partial charge in [0.25, 0.3) is 0 Å². The molecule has 1 atom stereocenters. The van der Waals surface area contributed by atoms with Crippen LogP contribution in [0.2, 0.25) is 0 Å². The van der Waals surface area contributed by atoms with Gasteiger partial charge in [-0.1, -0.05) is 48.0 Å². The lowest BCUT2D eigenvalue weighted by atomic mass is 9.86. The standard InChI is InChI=1S/C24H33NO2/c1-17(2)25(18(3)4)15-14-22(21-10-8-7-9-11-21)23-16-19(5)12-13-24(23)27-20(6)26/h7-13,16-18,22H,14-15H2,1-6H3. The molecule has 2 aromatic rings. The van der Waals surface area contributed by atoms with Crippen molar-refractivity contribution >= 4 is 5.97 Å². The Bertz CT molecular complexity index is 729. The molecular formula is C24H33NO2. The molecule has 2 rings (SSSR count). The Balaban J connectivity index is 2.42. The molecule has 0 aliphatic carbocycles. The number of benzene rings is 2. The minimum absolute atomic E-state index is 0.181. The van der Waals surface area contributed by atoms with Crippen molar-refractivity contribution in [3.05, 3.63) is 65.2 Å². The Morgan fingerprint density at radius 1 is 1.00 bits per heavy atom. The molecule has 0 amide bonds. The van der Waals surface area contributed by atoms with Crippen LogP contribution >= 0.6 is 0 Å². The summed E-state index contributed by atoms with van der Waals surface area (Å²) in [5.41, 5.74) is 3.51. The summed E-state index contributed by atoms with van der Waals surface area (Å²) in [7, 11) is 0. The molecule has 2 aromatic carbocycles. The molecule has 0 N–H and O–H groups in total. The molecule has 0 fully saturated rings. The van der Waals surface area contributed by atoms with Gasteiger partial charge in [0, 0.05) is 30.5 Å².